The number of hydrogen-bond acceptors (Lipinski definition) is 1. The Labute approximate surface area is 260 Å². The highest BCUT2D eigenvalue weighted by molar-refractivity contribution is 5.71. The van der Waals surface area contributed by atoms with Crippen molar-refractivity contribution in [3.05, 3.63) is 124 Å². The predicted molar refractivity (Wildman–Crippen MR) is 158 cm³/mol. The Balaban J connectivity index is 1.22. The number of benzene rings is 4. The molecule has 4 aromatic carbocycles. The normalized spacial score (nSPS) is 17.5. The monoisotopic (exact) mass is 648 g/mol. The summed E-state index contributed by atoms with van der Waals surface area (Å²) in [4.78, 5) is 0. The molecule has 1 aliphatic carbocycles. The van der Waals surface area contributed by atoms with Gasteiger partial charge in [-0.05, 0) is 96.2 Å². The zero-order valence-corrected chi connectivity index (χ0v) is 24.6. The van der Waals surface area contributed by atoms with Gasteiger partial charge in [-0.3, -0.25) is 0 Å². The summed E-state index contributed by atoms with van der Waals surface area (Å²) in [5, 5.41) is 0. The van der Waals surface area contributed by atoms with Crippen molar-refractivity contribution in [2.75, 3.05) is 0 Å². The molecule has 242 valence electrons. The van der Waals surface area contributed by atoms with Gasteiger partial charge in [0.2, 0.25) is 0 Å². The molecular formula is C36H29F9O. The van der Waals surface area contributed by atoms with E-state index in [-0.39, 0.29) is 17.0 Å². The summed E-state index contributed by atoms with van der Waals surface area (Å²) in [7, 11) is 0. The van der Waals surface area contributed by atoms with Gasteiger partial charge in [0.15, 0.2) is 0 Å². The lowest BCUT2D eigenvalue weighted by molar-refractivity contribution is -0.278. The van der Waals surface area contributed by atoms with Crippen LogP contribution >= 0.6 is 0 Å². The van der Waals surface area contributed by atoms with E-state index < -0.39 is 52.8 Å². The molecule has 0 aliphatic heterocycles. The summed E-state index contributed by atoms with van der Waals surface area (Å²) >= 11 is 0. The second-order valence-electron chi connectivity index (χ2n) is 11.3. The van der Waals surface area contributed by atoms with Crippen LogP contribution in [-0.2, 0) is 17.0 Å². The number of allylic oxidation sites excluding steroid dienone is 1. The molecule has 0 unspecified atom stereocenters. The molecule has 0 heterocycles. The summed E-state index contributed by atoms with van der Waals surface area (Å²) in [5.74, 6) is -5.52. The van der Waals surface area contributed by atoms with Crippen LogP contribution in [0.25, 0.3) is 28.3 Å². The fraction of sp³-hybridized carbons (Fsp3) is 0.278. The first kappa shape index (κ1) is 33.3. The van der Waals surface area contributed by atoms with Crippen LogP contribution in [0.1, 0.15) is 67.2 Å². The molecule has 0 aromatic heterocycles. The van der Waals surface area contributed by atoms with E-state index in [0.717, 1.165) is 30.2 Å². The minimum Gasteiger partial charge on any atom is -0.313 e. The van der Waals surface area contributed by atoms with Gasteiger partial charge in [0.1, 0.15) is 28.8 Å². The van der Waals surface area contributed by atoms with Gasteiger partial charge in [0, 0.05) is 5.56 Å². The van der Waals surface area contributed by atoms with Gasteiger partial charge in [0.05, 0.1) is 11.7 Å². The van der Waals surface area contributed by atoms with Gasteiger partial charge in [0.25, 0.3) is 0 Å². The highest BCUT2D eigenvalue weighted by atomic mass is 19.4. The number of halogens is 9. The van der Waals surface area contributed by atoms with Crippen molar-refractivity contribution in [3.8, 4) is 22.3 Å². The summed E-state index contributed by atoms with van der Waals surface area (Å²) in [5.41, 5.74) is -0.993. The number of ether oxygens (including phenoxy) is 1. The van der Waals surface area contributed by atoms with E-state index >= 15 is 0 Å². The Morgan fingerprint density at radius 3 is 1.85 bits per heavy atom. The van der Waals surface area contributed by atoms with Gasteiger partial charge in [-0.15, -0.1) is 0 Å². The van der Waals surface area contributed by atoms with E-state index in [1.165, 1.54) is 18.2 Å². The van der Waals surface area contributed by atoms with E-state index in [9.17, 15) is 39.5 Å². The Bertz CT molecular complexity index is 1690. The van der Waals surface area contributed by atoms with Gasteiger partial charge in [-0.2, -0.15) is 22.0 Å². The van der Waals surface area contributed by atoms with Crippen molar-refractivity contribution in [3.63, 3.8) is 0 Å². The molecule has 1 fully saturated rings. The van der Waals surface area contributed by atoms with Crippen molar-refractivity contribution in [2.24, 2.45) is 0 Å². The van der Waals surface area contributed by atoms with Crippen molar-refractivity contribution < 1.29 is 44.3 Å². The predicted octanol–water partition coefficient (Wildman–Crippen LogP) is 11.8. The zero-order valence-electron chi connectivity index (χ0n) is 24.6. The highest BCUT2D eigenvalue weighted by Crippen LogP contribution is 2.41. The standard InChI is InChI=1S/C36H29F9O/c1-2-3-4-21-5-16-29(31(38)17-21)36(44,45)46-27-13-10-23(11-14-27)22-6-8-24(9-7-22)25-12-15-28(30(37)18-25)26-19-32(39)34(33(40)20-26)35(41,42)43/h3-9,12,15-20,23,27H,2,10-11,13-14H2,1H3. The average molecular weight is 649 g/mol. The lowest BCUT2D eigenvalue weighted by Gasteiger charge is -2.31. The maximum Gasteiger partial charge on any atom is 0.422 e. The Hall–Kier alpha value is -4.05. The van der Waals surface area contributed by atoms with Crippen molar-refractivity contribution in [1.82, 2.24) is 0 Å². The third-order valence-corrected chi connectivity index (χ3v) is 8.16. The quantitative estimate of drug-likeness (QED) is 0.173. The summed E-state index contributed by atoms with van der Waals surface area (Å²) in [6.45, 7) is 1.91. The third-order valence-electron chi connectivity index (χ3n) is 8.16. The maximum atomic E-state index is 15.0. The smallest absolute Gasteiger partial charge is 0.313 e. The first-order valence-electron chi connectivity index (χ1n) is 14.8. The molecule has 0 saturated heterocycles. The molecule has 0 atom stereocenters. The fourth-order valence-corrected chi connectivity index (χ4v) is 5.79. The topological polar surface area (TPSA) is 9.23 Å². The van der Waals surface area contributed by atoms with E-state index in [4.69, 9.17) is 4.74 Å². The van der Waals surface area contributed by atoms with Gasteiger partial charge >= 0.3 is 12.3 Å². The van der Waals surface area contributed by atoms with Crippen LogP contribution in [-0.4, -0.2) is 6.10 Å². The van der Waals surface area contributed by atoms with Crippen LogP contribution in [0, 0.1) is 23.3 Å². The van der Waals surface area contributed by atoms with E-state index in [1.54, 1.807) is 24.3 Å². The fourth-order valence-electron chi connectivity index (χ4n) is 5.79. The third kappa shape index (κ3) is 7.33. The van der Waals surface area contributed by atoms with Gasteiger partial charge < -0.3 is 4.74 Å². The first-order valence-corrected chi connectivity index (χ1v) is 14.8. The van der Waals surface area contributed by atoms with Crippen LogP contribution in [0.2, 0.25) is 0 Å². The minimum absolute atomic E-state index is 0.0625. The molecule has 1 nitrogen and oxygen atoms in total. The van der Waals surface area contributed by atoms with Crippen LogP contribution in [0.4, 0.5) is 39.5 Å². The molecule has 10 heteroatoms. The van der Waals surface area contributed by atoms with Crippen LogP contribution < -0.4 is 0 Å². The molecule has 5 rings (SSSR count). The maximum absolute atomic E-state index is 15.0. The minimum atomic E-state index is -5.23. The lowest BCUT2D eigenvalue weighted by Crippen LogP contribution is -2.30. The molecule has 1 saturated carbocycles. The number of alkyl halides is 5. The molecule has 0 amide bonds. The molecular weight excluding hydrogens is 619 g/mol. The average Bonchev–Trinajstić information content (AvgIpc) is 2.99. The Morgan fingerprint density at radius 2 is 1.28 bits per heavy atom. The van der Waals surface area contributed by atoms with Crippen LogP contribution in [0.5, 0.6) is 0 Å². The Kier molecular flexibility index (Phi) is 9.67. The van der Waals surface area contributed by atoms with Crippen LogP contribution in [0.15, 0.2) is 78.9 Å². The largest absolute Gasteiger partial charge is 0.422 e. The molecule has 0 spiro atoms. The lowest BCUT2D eigenvalue weighted by atomic mass is 9.82. The Morgan fingerprint density at radius 1 is 0.674 bits per heavy atom. The molecule has 46 heavy (non-hydrogen) atoms. The first-order chi connectivity index (χ1) is 21.8. The summed E-state index contributed by atoms with van der Waals surface area (Å²) < 4.78 is 131. The van der Waals surface area contributed by atoms with Crippen molar-refractivity contribution in [1.29, 1.82) is 0 Å². The van der Waals surface area contributed by atoms with Crippen LogP contribution in [0.3, 0.4) is 0 Å². The van der Waals surface area contributed by atoms with E-state index in [1.807, 2.05) is 19.1 Å². The SMILES string of the molecule is CCC=Cc1ccc(C(F)(F)OC2CCC(c3ccc(-c4ccc(-c5cc(F)c(C(F)(F)F)c(F)c5)c(F)c4)cc3)CC2)c(F)c1. The molecule has 4 aromatic rings. The van der Waals surface area contributed by atoms with Gasteiger partial charge in [-0.1, -0.05) is 61.5 Å². The summed E-state index contributed by atoms with van der Waals surface area (Å²) in [6, 6.07) is 15.4. The molecule has 0 bridgehead atoms. The molecule has 0 N–H and O–H groups in total. The molecule has 0 radical (unpaired) electrons. The second kappa shape index (κ2) is 13.4. The van der Waals surface area contributed by atoms with Gasteiger partial charge in [-0.25, -0.2) is 17.6 Å². The van der Waals surface area contributed by atoms with Crippen molar-refractivity contribution in [2.45, 2.75) is 63.3 Å². The van der Waals surface area contributed by atoms with E-state index in [0.29, 0.717) is 54.5 Å². The number of rotatable bonds is 8. The molecule has 1 aliphatic rings. The number of hydrogen-bond donors (Lipinski definition) is 0. The summed E-state index contributed by atoms with van der Waals surface area (Å²) in [6.07, 6.45) is -3.76. The second-order valence-corrected chi connectivity index (χ2v) is 11.3. The van der Waals surface area contributed by atoms with E-state index in [2.05, 4.69) is 0 Å². The van der Waals surface area contributed by atoms with Crippen molar-refractivity contribution >= 4 is 6.08 Å². The zero-order chi connectivity index (χ0) is 33.2. The highest BCUT2D eigenvalue weighted by Gasteiger charge is 2.40.